The molecular formula is C14H22O. The Morgan fingerprint density at radius 2 is 1.93 bits per heavy atom. The summed E-state index contributed by atoms with van der Waals surface area (Å²) in [7, 11) is 1.76. The quantitative estimate of drug-likeness (QED) is 0.721. The van der Waals surface area contributed by atoms with Crippen LogP contribution < -0.4 is 4.74 Å². The lowest BCUT2D eigenvalue weighted by Crippen LogP contribution is -1.98. The Kier molecular flexibility index (Phi) is 4.19. The third kappa shape index (κ3) is 2.74. The second kappa shape index (κ2) is 5.20. The van der Waals surface area contributed by atoms with Gasteiger partial charge in [-0.2, -0.15) is 0 Å². The molecular weight excluding hydrogens is 184 g/mol. The van der Waals surface area contributed by atoms with Gasteiger partial charge in [-0.1, -0.05) is 39.3 Å². The summed E-state index contributed by atoms with van der Waals surface area (Å²) in [6.07, 6.45) is 2.27. The molecule has 1 heteroatoms. The first kappa shape index (κ1) is 12.1. The minimum Gasteiger partial charge on any atom is -0.496 e. The van der Waals surface area contributed by atoms with Crippen molar-refractivity contribution in [3.63, 3.8) is 0 Å². The Balaban J connectivity index is 3.19. The normalized spacial score (nSPS) is 10.8. The molecule has 0 saturated carbocycles. The molecule has 1 aromatic carbocycles. The van der Waals surface area contributed by atoms with Gasteiger partial charge in [-0.25, -0.2) is 0 Å². The van der Waals surface area contributed by atoms with Gasteiger partial charge < -0.3 is 4.74 Å². The van der Waals surface area contributed by atoms with E-state index in [1.807, 2.05) is 0 Å². The van der Waals surface area contributed by atoms with Crippen LogP contribution in [0.1, 0.15) is 49.8 Å². The molecule has 0 N–H and O–H groups in total. The number of hydrogen-bond acceptors (Lipinski definition) is 1. The largest absolute Gasteiger partial charge is 0.496 e. The van der Waals surface area contributed by atoms with Crippen molar-refractivity contribution in [1.29, 1.82) is 0 Å². The summed E-state index contributed by atoms with van der Waals surface area (Å²) in [5, 5.41) is 0. The van der Waals surface area contributed by atoms with Gasteiger partial charge >= 0.3 is 0 Å². The zero-order valence-electron chi connectivity index (χ0n) is 10.6. The van der Waals surface area contributed by atoms with Crippen molar-refractivity contribution in [2.75, 3.05) is 7.11 Å². The maximum absolute atomic E-state index is 5.46. The van der Waals surface area contributed by atoms with Crippen molar-refractivity contribution in [2.24, 2.45) is 0 Å². The first-order valence-electron chi connectivity index (χ1n) is 5.77. The van der Waals surface area contributed by atoms with E-state index in [9.17, 15) is 0 Å². The van der Waals surface area contributed by atoms with E-state index in [4.69, 9.17) is 4.74 Å². The predicted octanol–water partition coefficient (Wildman–Crippen LogP) is 4.08. The Bertz CT molecular complexity index is 326. The van der Waals surface area contributed by atoms with Crippen LogP contribution in [-0.4, -0.2) is 7.11 Å². The lowest BCUT2D eigenvalue weighted by molar-refractivity contribution is 0.406. The molecule has 15 heavy (non-hydrogen) atoms. The summed E-state index contributed by atoms with van der Waals surface area (Å²) in [6.45, 7) is 8.80. The highest BCUT2D eigenvalue weighted by molar-refractivity contribution is 5.45. The fraction of sp³-hybridized carbons (Fsp3) is 0.571. The van der Waals surface area contributed by atoms with Gasteiger partial charge in [0.05, 0.1) is 7.11 Å². The maximum atomic E-state index is 5.46. The van der Waals surface area contributed by atoms with Crippen LogP contribution in [0.5, 0.6) is 5.75 Å². The molecule has 0 amide bonds. The van der Waals surface area contributed by atoms with Crippen molar-refractivity contribution in [3.8, 4) is 5.75 Å². The Morgan fingerprint density at radius 1 is 1.27 bits per heavy atom. The molecule has 0 bridgehead atoms. The molecule has 0 atom stereocenters. The second-order valence-electron chi connectivity index (χ2n) is 4.43. The highest BCUT2D eigenvalue weighted by atomic mass is 16.5. The number of rotatable bonds is 4. The first-order valence-corrected chi connectivity index (χ1v) is 5.77. The fourth-order valence-corrected chi connectivity index (χ4v) is 1.96. The smallest absolute Gasteiger partial charge is 0.124 e. The van der Waals surface area contributed by atoms with E-state index < -0.39 is 0 Å². The third-order valence-corrected chi connectivity index (χ3v) is 2.76. The van der Waals surface area contributed by atoms with E-state index in [-0.39, 0.29) is 0 Å². The van der Waals surface area contributed by atoms with Gasteiger partial charge in [0, 0.05) is 0 Å². The second-order valence-corrected chi connectivity index (χ2v) is 4.43. The standard InChI is InChI=1S/C14H22O/c1-6-7-12-9-13(10(2)3)8-11(4)14(12)15-5/h8-10H,6-7H2,1-5H3. The number of ether oxygens (including phenoxy) is 1. The summed E-state index contributed by atoms with van der Waals surface area (Å²) in [6, 6.07) is 4.53. The minimum absolute atomic E-state index is 0.588. The average molecular weight is 206 g/mol. The molecule has 1 rings (SSSR count). The molecule has 0 aliphatic carbocycles. The van der Waals surface area contributed by atoms with E-state index in [0.29, 0.717) is 5.92 Å². The number of aryl methyl sites for hydroxylation is 2. The molecule has 0 radical (unpaired) electrons. The maximum Gasteiger partial charge on any atom is 0.124 e. The highest BCUT2D eigenvalue weighted by Crippen LogP contribution is 2.29. The first-order chi connectivity index (χ1) is 7.10. The van der Waals surface area contributed by atoms with E-state index in [0.717, 1.165) is 18.6 Å². The molecule has 0 spiro atoms. The van der Waals surface area contributed by atoms with Crippen LogP contribution >= 0.6 is 0 Å². The molecule has 1 nitrogen and oxygen atoms in total. The van der Waals surface area contributed by atoms with Crippen LogP contribution in [0, 0.1) is 6.92 Å². The molecule has 1 aromatic rings. The topological polar surface area (TPSA) is 9.23 Å². The van der Waals surface area contributed by atoms with Gasteiger partial charge in [-0.3, -0.25) is 0 Å². The molecule has 0 heterocycles. The van der Waals surface area contributed by atoms with E-state index in [2.05, 4.69) is 39.8 Å². The number of benzene rings is 1. The molecule has 0 aromatic heterocycles. The summed E-state index contributed by atoms with van der Waals surface area (Å²) in [5.41, 5.74) is 4.02. The number of methoxy groups -OCH3 is 1. The zero-order valence-corrected chi connectivity index (χ0v) is 10.6. The van der Waals surface area contributed by atoms with Crippen molar-refractivity contribution in [2.45, 2.75) is 46.5 Å². The Morgan fingerprint density at radius 3 is 2.40 bits per heavy atom. The van der Waals surface area contributed by atoms with Gasteiger partial charge in [-0.15, -0.1) is 0 Å². The summed E-state index contributed by atoms with van der Waals surface area (Å²) >= 11 is 0. The molecule has 0 aliphatic heterocycles. The van der Waals surface area contributed by atoms with Gasteiger partial charge in [-0.05, 0) is 36.0 Å². The van der Waals surface area contributed by atoms with Crippen molar-refractivity contribution < 1.29 is 4.74 Å². The Hall–Kier alpha value is -0.980. The predicted molar refractivity (Wildman–Crippen MR) is 65.8 cm³/mol. The molecule has 84 valence electrons. The van der Waals surface area contributed by atoms with Crippen LogP contribution in [0.4, 0.5) is 0 Å². The highest BCUT2D eigenvalue weighted by Gasteiger charge is 2.09. The zero-order chi connectivity index (χ0) is 11.4. The third-order valence-electron chi connectivity index (χ3n) is 2.76. The molecule has 0 saturated heterocycles. The Labute approximate surface area is 93.5 Å². The summed E-state index contributed by atoms with van der Waals surface area (Å²) in [4.78, 5) is 0. The van der Waals surface area contributed by atoms with Crippen LogP contribution in [0.15, 0.2) is 12.1 Å². The lowest BCUT2D eigenvalue weighted by atomic mass is 9.95. The van der Waals surface area contributed by atoms with E-state index in [1.54, 1.807) is 7.11 Å². The van der Waals surface area contributed by atoms with Gasteiger partial charge in [0.2, 0.25) is 0 Å². The monoisotopic (exact) mass is 206 g/mol. The van der Waals surface area contributed by atoms with Crippen LogP contribution in [0.25, 0.3) is 0 Å². The molecule has 0 aliphatic rings. The summed E-state index contributed by atoms with van der Waals surface area (Å²) in [5.74, 6) is 1.66. The molecule has 0 fully saturated rings. The van der Waals surface area contributed by atoms with Gasteiger partial charge in [0.25, 0.3) is 0 Å². The lowest BCUT2D eigenvalue weighted by Gasteiger charge is -2.15. The average Bonchev–Trinajstić information content (AvgIpc) is 2.17. The van der Waals surface area contributed by atoms with Crippen molar-refractivity contribution in [1.82, 2.24) is 0 Å². The summed E-state index contributed by atoms with van der Waals surface area (Å²) < 4.78 is 5.46. The van der Waals surface area contributed by atoms with Crippen molar-refractivity contribution in [3.05, 3.63) is 28.8 Å². The number of hydrogen-bond donors (Lipinski definition) is 0. The minimum atomic E-state index is 0.588. The van der Waals surface area contributed by atoms with Gasteiger partial charge in [0.15, 0.2) is 0 Å². The van der Waals surface area contributed by atoms with Crippen LogP contribution in [-0.2, 0) is 6.42 Å². The van der Waals surface area contributed by atoms with Crippen molar-refractivity contribution >= 4 is 0 Å². The van der Waals surface area contributed by atoms with E-state index in [1.165, 1.54) is 16.7 Å². The van der Waals surface area contributed by atoms with Crippen LogP contribution in [0.2, 0.25) is 0 Å². The fourth-order valence-electron chi connectivity index (χ4n) is 1.96. The van der Waals surface area contributed by atoms with E-state index >= 15 is 0 Å². The molecule has 0 unspecified atom stereocenters. The van der Waals surface area contributed by atoms with Crippen LogP contribution in [0.3, 0.4) is 0 Å². The van der Waals surface area contributed by atoms with Gasteiger partial charge in [0.1, 0.15) is 5.75 Å². The SMILES string of the molecule is CCCc1cc(C(C)C)cc(C)c1OC.